The predicted molar refractivity (Wildman–Crippen MR) is 91.9 cm³/mol. The minimum Gasteiger partial charge on any atom is -0.493 e. The Morgan fingerprint density at radius 1 is 1.08 bits per heavy atom. The number of ether oxygens (including phenoxy) is 2. The molecule has 0 unspecified atom stereocenters. The SMILES string of the molecule is O=C(N[C@H]1CCOc2ccccc21)c1cccc(N2CCOC2=O)c1. The summed E-state index contributed by atoms with van der Waals surface area (Å²) >= 11 is 0. The molecule has 1 atom stereocenters. The fraction of sp³-hybridized carbons (Fsp3) is 0.263. The Morgan fingerprint density at radius 3 is 2.80 bits per heavy atom. The lowest BCUT2D eigenvalue weighted by Gasteiger charge is -2.26. The van der Waals surface area contributed by atoms with Crippen molar-refractivity contribution in [3.8, 4) is 5.75 Å². The molecular weight excluding hydrogens is 320 g/mol. The van der Waals surface area contributed by atoms with E-state index in [0.29, 0.717) is 31.0 Å². The van der Waals surface area contributed by atoms with Gasteiger partial charge in [0.2, 0.25) is 0 Å². The summed E-state index contributed by atoms with van der Waals surface area (Å²) in [5.74, 6) is 0.642. The lowest BCUT2D eigenvalue weighted by Crippen LogP contribution is -2.32. The maximum Gasteiger partial charge on any atom is 0.414 e. The molecule has 2 aliphatic heterocycles. The number of hydrogen-bond donors (Lipinski definition) is 1. The smallest absolute Gasteiger partial charge is 0.414 e. The number of nitrogens with zero attached hydrogens (tertiary/aromatic N) is 1. The first-order valence-corrected chi connectivity index (χ1v) is 8.29. The molecule has 0 radical (unpaired) electrons. The molecule has 25 heavy (non-hydrogen) atoms. The molecule has 128 valence electrons. The second-order valence-electron chi connectivity index (χ2n) is 6.02. The predicted octanol–water partition coefficient (Wildman–Crippen LogP) is 2.90. The van der Waals surface area contributed by atoms with Gasteiger partial charge in [0.25, 0.3) is 5.91 Å². The van der Waals surface area contributed by atoms with Crippen molar-refractivity contribution in [1.29, 1.82) is 0 Å². The number of benzene rings is 2. The fourth-order valence-corrected chi connectivity index (χ4v) is 3.18. The van der Waals surface area contributed by atoms with Crippen LogP contribution < -0.4 is 15.0 Å². The Balaban J connectivity index is 1.53. The first-order chi connectivity index (χ1) is 12.2. The summed E-state index contributed by atoms with van der Waals surface area (Å²) in [5.41, 5.74) is 2.17. The van der Waals surface area contributed by atoms with Gasteiger partial charge in [-0.3, -0.25) is 9.69 Å². The Kier molecular flexibility index (Phi) is 4.01. The van der Waals surface area contributed by atoms with Crippen molar-refractivity contribution in [2.45, 2.75) is 12.5 Å². The molecule has 2 heterocycles. The van der Waals surface area contributed by atoms with E-state index in [2.05, 4.69) is 5.32 Å². The highest BCUT2D eigenvalue weighted by Gasteiger charge is 2.26. The first kappa shape index (κ1) is 15.5. The van der Waals surface area contributed by atoms with Gasteiger partial charge in [0.1, 0.15) is 12.4 Å². The Hall–Kier alpha value is -3.02. The number of para-hydroxylation sites is 1. The molecule has 2 aliphatic rings. The lowest BCUT2D eigenvalue weighted by atomic mass is 10.00. The summed E-state index contributed by atoms with van der Waals surface area (Å²) in [6.07, 6.45) is 0.344. The van der Waals surface area contributed by atoms with Crippen molar-refractivity contribution in [3.63, 3.8) is 0 Å². The molecule has 0 aromatic heterocycles. The second kappa shape index (κ2) is 6.47. The molecule has 0 spiro atoms. The highest BCUT2D eigenvalue weighted by molar-refractivity contribution is 5.97. The van der Waals surface area contributed by atoms with E-state index in [1.165, 1.54) is 4.90 Å². The van der Waals surface area contributed by atoms with Crippen LogP contribution in [0.1, 0.15) is 28.4 Å². The molecule has 0 bridgehead atoms. The molecule has 4 rings (SSSR count). The van der Waals surface area contributed by atoms with Gasteiger partial charge in [-0.25, -0.2) is 4.79 Å². The van der Waals surface area contributed by atoms with Crippen LogP contribution in [0.15, 0.2) is 48.5 Å². The van der Waals surface area contributed by atoms with Gasteiger partial charge in [-0.05, 0) is 24.3 Å². The number of nitrogens with one attached hydrogen (secondary N) is 1. The molecule has 6 heteroatoms. The fourth-order valence-electron chi connectivity index (χ4n) is 3.18. The molecule has 2 amide bonds. The number of hydrogen-bond acceptors (Lipinski definition) is 4. The van der Waals surface area contributed by atoms with E-state index in [4.69, 9.17) is 9.47 Å². The number of cyclic esters (lactones) is 1. The van der Waals surface area contributed by atoms with Crippen LogP contribution in [0.25, 0.3) is 0 Å². The van der Waals surface area contributed by atoms with Gasteiger partial charge >= 0.3 is 6.09 Å². The standard InChI is InChI=1S/C19H18N2O4/c22-18(20-16-8-10-24-17-7-2-1-6-15(16)17)13-4-3-5-14(12-13)21-9-11-25-19(21)23/h1-7,12,16H,8-11H2,(H,20,22)/t16-/m0/s1. The van der Waals surface area contributed by atoms with Crippen molar-refractivity contribution in [3.05, 3.63) is 59.7 Å². The molecule has 2 aromatic carbocycles. The van der Waals surface area contributed by atoms with Gasteiger partial charge in [-0.1, -0.05) is 24.3 Å². The summed E-state index contributed by atoms with van der Waals surface area (Å²) in [5, 5.41) is 3.07. The Morgan fingerprint density at radius 2 is 1.96 bits per heavy atom. The number of fused-ring (bicyclic) bond motifs is 1. The summed E-state index contributed by atoms with van der Waals surface area (Å²) in [6.45, 7) is 1.44. The maximum absolute atomic E-state index is 12.7. The Labute approximate surface area is 145 Å². The van der Waals surface area contributed by atoms with Crippen molar-refractivity contribution in [1.82, 2.24) is 5.32 Å². The van der Waals surface area contributed by atoms with Crippen LogP contribution in [0.5, 0.6) is 5.75 Å². The summed E-state index contributed by atoms with van der Waals surface area (Å²) in [4.78, 5) is 25.9. The van der Waals surface area contributed by atoms with Crippen molar-refractivity contribution >= 4 is 17.7 Å². The van der Waals surface area contributed by atoms with Crippen LogP contribution in [0.2, 0.25) is 0 Å². The molecule has 2 aromatic rings. The van der Waals surface area contributed by atoms with Gasteiger partial charge in [0.05, 0.1) is 19.2 Å². The van der Waals surface area contributed by atoms with Crippen molar-refractivity contribution < 1.29 is 19.1 Å². The van der Waals surface area contributed by atoms with E-state index in [-0.39, 0.29) is 18.0 Å². The molecule has 6 nitrogen and oxygen atoms in total. The monoisotopic (exact) mass is 338 g/mol. The normalized spacial score (nSPS) is 19.0. The average molecular weight is 338 g/mol. The molecule has 1 fully saturated rings. The quantitative estimate of drug-likeness (QED) is 0.934. The zero-order valence-corrected chi connectivity index (χ0v) is 13.6. The zero-order valence-electron chi connectivity index (χ0n) is 13.6. The first-order valence-electron chi connectivity index (χ1n) is 8.29. The molecule has 1 saturated heterocycles. The molecule has 0 aliphatic carbocycles. The van der Waals surface area contributed by atoms with E-state index in [0.717, 1.165) is 17.7 Å². The highest BCUT2D eigenvalue weighted by Crippen LogP contribution is 2.31. The highest BCUT2D eigenvalue weighted by atomic mass is 16.6. The van der Waals surface area contributed by atoms with Crippen LogP contribution in [-0.4, -0.2) is 31.8 Å². The third-order valence-corrected chi connectivity index (χ3v) is 4.44. The van der Waals surface area contributed by atoms with Crippen molar-refractivity contribution in [2.24, 2.45) is 0 Å². The van der Waals surface area contributed by atoms with E-state index >= 15 is 0 Å². The largest absolute Gasteiger partial charge is 0.493 e. The number of carbonyl (C=O) groups is 2. The lowest BCUT2D eigenvalue weighted by molar-refractivity contribution is 0.0924. The molecule has 0 saturated carbocycles. The zero-order chi connectivity index (χ0) is 17.2. The minimum atomic E-state index is -0.379. The molecular formula is C19H18N2O4. The summed E-state index contributed by atoms with van der Waals surface area (Å²) in [6, 6.07) is 14.7. The van der Waals surface area contributed by atoms with Gasteiger partial charge in [-0.15, -0.1) is 0 Å². The summed E-state index contributed by atoms with van der Waals surface area (Å²) in [7, 11) is 0. The van der Waals surface area contributed by atoms with Gasteiger partial charge in [0.15, 0.2) is 0 Å². The van der Waals surface area contributed by atoms with Crippen LogP contribution in [0.4, 0.5) is 10.5 Å². The second-order valence-corrected chi connectivity index (χ2v) is 6.02. The van der Waals surface area contributed by atoms with Crippen LogP contribution >= 0.6 is 0 Å². The topological polar surface area (TPSA) is 67.9 Å². The van der Waals surface area contributed by atoms with E-state index in [1.807, 2.05) is 24.3 Å². The minimum absolute atomic E-state index is 0.0853. The van der Waals surface area contributed by atoms with E-state index in [9.17, 15) is 9.59 Å². The Bertz CT molecular complexity index is 821. The number of anilines is 1. The number of rotatable bonds is 3. The maximum atomic E-state index is 12.7. The van der Waals surface area contributed by atoms with E-state index in [1.54, 1.807) is 24.3 Å². The number of carbonyl (C=O) groups excluding carboxylic acids is 2. The van der Waals surface area contributed by atoms with Gasteiger partial charge < -0.3 is 14.8 Å². The van der Waals surface area contributed by atoms with Gasteiger partial charge in [-0.2, -0.15) is 0 Å². The molecule has 1 N–H and O–H groups in total. The van der Waals surface area contributed by atoms with E-state index < -0.39 is 0 Å². The van der Waals surface area contributed by atoms with Crippen LogP contribution in [0.3, 0.4) is 0 Å². The van der Waals surface area contributed by atoms with Crippen LogP contribution in [-0.2, 0) is 4.74 Å². The average Bonchev–Trinajstić information content (AvgIpc) is 3.08. The van der Waals surface area contributed by atoms with Crippen LogP contribution in [0, 0.1) is 0 Å². The summed E-state index contributed by atoms with van der Waals surface area (Å²) < 4.78 is 10.6. The third-order valence-electron chi connectivity index (χ3n) is 4.44. The van der Waals surface area contributed by atoms with Crippen molar-refractivity contribution in [2.75, 3.05) is 24.7 Å². The number of amides is 2. The third kappa shape index (κ3) is 3.03. The van der Waals surface area contributed by atoms with Gasteiger partial charge in [0, 0.05) is 23.2 Å².